The Bertz CT molecular complexity index is 2000. The van der Waals surface area contributed by atoms with Crippen molar-refractivity contribution in [3.63, 3.8) is 0 Å². The molecule has 0 unspecified atom stereocenters. The second-order valence-corrected chi connectivity index (χ2v) is 11.9. The third-order valence-electron chi connectivity index (χ3n) is 9.08. The summed E-state index contributed by atoms with van der Waals surface area (Å²) in [5, 5.41) is 10.7. The van der Waals surface area contributed by atoms with Crippen LogP contribution in [0.5, 0.6) is 0 Å². The van der Waals surface area contributed by atoms with Crippen molar-refractivity contribution in [1.82, 2.24) is 0 Å². The molecule has 212 valence electrons. The van der Waals surface area contributed by atoms with Crippen LogP contribution in [0.1, 0.15) is 22.3 Å². The minimum atomic E-state index is 1.29. The normalized spacial score (nSPS) is 11.2. The molecule has 0 nitrogen and oxygen atoms in total. The van der Waals surface area contributed by atoms with E-state index in [2.05, 4.69) is 173 Å². The smallest absolute Gasteiger partial charge is 0.00266 e. The minimum Gasteiger partial charge on any atom is -0.0616 e. The summed E-state index contributed by atoms with van der Waals surface area (Å²) in [6.45, 7) is 8.72. The quantitative estimate of drug-likeness (QED) is 0.183. The van der Waals surface area contributed by atoms with Crippen LogP contribution >= 0.6 is 0 Å². The van der Waals surface area contributed by atoms with Gasteiger partial charge in [0.05, 0.1) is 0 Å². The number of fused-ring (bicyclic) bond motifs is 4. The molecular formula is C44H36. The van der Waals surface area contributed by atoms with Gasteiger partial charge in [0.2, 0.25) is 0 Å². The van der Waals surface area contributed by atoms with E-state index >= 15 is 0 Å². The lowest BCUT2D eigenvalue weighted by Crippen LogP contribution is -1.89. The Morgan fingerprint density at radius 2 is 0.477 bits per heavy atom. The van der Waals surface area contributed by atoms with Crippen LogP contribution in [0.3, 0.4) is 0 Å². The Balaban J connectivity index is 0.000000142. The van der Waals surface area contributed by atoms with Crippen molar-refractivity contribution in [2.75, 3.05) is 0 Å². The van der Waals surface area contributed by atoms with Gasteiger partial charge in [0, 0.05) is 0 Å². The van der Waals surface area contributed by atoms with Crippen molar-refractivity contribution in [3.05, 3.63) is 168 Å². The van der Waals surface area contributed by atoms with Crippen LogP contribution in [0.4, 0.5) is 0 Å². The molecule has 0 bridgehead atoms. The van der Waals surface area contributed by atoms with Gasteiger partial charge in [0.15, 0.2) is 0 Å². The minimum absolute atomic E-state index is 1.29. The zero-order valence-electron chi connectivity index (χ0n) is 25.9. The van der Waals surface area contributed by atoms with Gasteiger partial charge in [-0.3, -0.25) is 0 Å². The summed E-state index contributed by atoms with van der Waals surface area (Å²) in [5.74, 6) is 0. The molecule has 0 heteroatoms. The number of hydrogen-bond acceptors (Lipinski definition) is 0. The summed E-state index contributed by atoms with van der Waals surface area (Å²) in [5.41, 5.74) is 10.6. The van der Waals surface area contributed by atoms with Crippen molar-refractivity contribution in [2.24, 2.45) is 0 Å². The molecule has 0 atom stereocenters. The highest BCUT2D eigenvalue weighted by molar-refractivity contribution is 6.16. The first-order valence-electron chi connectivity index (χ1n) is 15.5. The Morgan fingerprint density at radius 3 is 0.727 bits per heavy atom. The van der Waals surface area contributed by atoms with Gasteiger partial charge in [-0.15, -0.1) is 0 Å². The molecule has 0 N–H and O–H groups in total. The summed E-state index contributed by atoms with van der Waals surface area (Å²) >= 11 is 0. The largest absolute Gasteiger partial charge is 0.0616 e. The monoisotopic (exact) mass is 564 g/mol. The van der Waals surface area contributed by atoms with Crippen molar-refractivity contribution in [2.45, 2.75) is 27.7 Å². The van der Waals surface area contributed by atoms with E-state index in [4.69, 9.17) is 0 Å². The first-order chi connectivity index (χ1) is 21.5. The molecule has 0 aliphatic carbocycles. The molecule has 0 aliphatic heterocycles. The Labute approximate surface area is 260 Å². The van der Waals surface area contributed by atoms with Crippen molar-refractivity contribution >= 4 is 43.1 Å². The molecule has 0 amide bonds. The third-order valence-corrected chi connectivity index (χ3v) is 9.08. The van der Waals surface area contributed by atoms with Crippen molar-refractivity contribution < 1.29 is 0 Å². The maximum absolute atomic E-state index is 2.24. The van der Waals surface area contributed by atoms with Gasteiger partial charge in [0.1, 0.15) is 0 Å². The molecule has 0 heterocycles. The molecule has 8 rings (SSSR count). The summed E-state index contributed by atoms with van der Waals surface area (Å²) < 4.78 is 0. The predicted molar refractivity (Wildman–Crippen MR) is 193 cm³/mol. The predicted octanol–water partition coefficient (Wildman–Crippen LogP) is 12.6. The molecule has 0 saturated carbocycles. The fraction of sp³-hybridized carbons (Fsp3) is 0.0909. The molecule has 0 spiro atoms. The fourth-order valence-corrected chi connectivity index (χ4v) is 6.76. The van der Waals surface area contributed by atoms with Crippen LogP contribution in [-0.4, -0.2) is 0 Å². The highest BCUT2D eigenvalue weighted by Crippen LogP contribution is 2.40. The summed E-state index contributed by atoms with van der Waals surface area (Å²) in [7, 11) is 0. The van der Waals surface area contributed by atoms with Gasteiger partial charge < -0.3 is 0 Å². The zero-order valence-corrected chi connectivity index (χ0v) is 25.9. The second-order valence-electron chi connectivity index (χ2n) is 11.9. The molecule has 0 aliphatic rings. The summed E-state index contributed by atoms with van der Waals surface area (Å²) in [4.78, 5) is 0. The summed E-state index contributed by atoms with van der Waals surface area (Å²) in [6, 6.07) is 52.6. The van der Waals surface area contributed by atoms with Crippen LogP contribution in [0.15, 0.2) is 146 Å². The molecule has 0 saturated heterocycles. The Morgan fingerprint density at radius 1 is 0.250 bits per heavy atom. The van der Waals surface area contributed by atoms with Crippen LogP contribution in [0.2, 0.25) is 0 Å². The van der Waals surface area contributed by atoms with Gasteiger partial charge in [0.25, 0.3) is 0 Å². The highest BCUT2D eigenvalue weighted by Gasteiger charge is 2.13. The van der Waals surface area contributed by atoms with Gasteiger partial charge in [-0.05, 0) is 104 Å². The second kappa shape index (κ2) is 11.5. The molecule has 0 radical (unpaired) electrons. The van der Waals surface area contributed by atoms with Gasteiger partial charge in [-0.2, -0.15) is 0 Å². The van der Waals surface area contributed by atoms with Crippen LogP contribution in [0, 0.1) is 27.7 Å². The lowest BCUT2D eigenvalue weighted by atomic mass is 9.89. The Kier molecular flexibility index (Phi) is 7.20. The SMILES string of the molecule is Cc1ccc(-c2c3ccccc3c(C)c3ccccc23)cc1.Cc1ccc(-c2c3ccccc3c(C)c3ccccc23)cc1. The maximum atomic E-state index is 2.24. The van der Waals surface area contributed by atoms with E-state index in [-0.39, 0.29) is 0 Å². The van der Waals surface area contributed by atoms with E-state index in [0.29, 0.717) is 0 Å². The molecule has 8 aromatic rings. The number of benzene rings is 8. The average molecular weight is 565 g/mol. The average Bonchev–Trinajstić information content (AvgIpc) is 3.07. The van der Waals surface area contributed by atoms with Crippen LogP contribution in [0.25, 0.3) is 65.3 Å². The lowest BCUT2D eigenvalue weighted by molar-refractivity contribution is 1.47. The molecule has 0 aromatic heterocycles. The standard InChI is InChI=1S/2C22H18/c2*1-15-11-13-17(14-12-15)22-20-9-5-3-7-18(20)16(2)19-8-4-6-10-21(19)22/h2*3-14H,1-2H3. The van der Waals surface area contributed by atoms with Gasteiger partial charge in [-0.1, -0.05) is 157 Å². The molecular weight excluding hydrogens is 528 g/mol. The first-order valence-corrected chi connectivity index (χ1v) is 15.5. The molecule has 8 aromatic carbocycles. The molecule has 0 fully saturated rings. The Hall–Kier alpha value is -5.20. The number of hydrogen-bond donors (Lipinski definition) is 0. The summed E-state index contributed by atoms with van der Waals surface area (Å²) in [6.07, 6.45) is 0. The van der Waals surface area contributed by atoms with E-state index in [0.717, 1.165) is 0 Å². The van der Waals surface area contributed by atoms with E-state index in [1.54, 1.807) is 0 Å². The van der Waals surface area contributed by atoms with Gasteiger partial charge >= 0.3 is 0 Å². The van der Waals surface area contributed by atoms with Crippen LogP contribution in [-0.2, 0) is 0 Å². The van der Waals surface area contributed by atoms with Crippen molar-refractivity contribution in [3.8, 4) is 22.3 Å². The van der Waals surface area contributed by atoms with E-state index < -0.39 is 0 Å². The lowest BCUT2D eigenvalue weighted by Gasteiger charge is -2.15. The highest BCUT2D eigenvalue weighted by atomic mass is 14.2. The number of rotatable bonds is 2. The van der Waals surface area contributed by atoms with Gasteiger partial charge in [-0.25, -0.2) is 0 Å². The fourth-order valence-electron chi connectivity index (χ4n) is 6.76. The first kappa shape index (κ1) is 27.6. The third kappa shape index (κ3) is 4.83. The number of aryl methyl sites for hydroxylation is 4. The van der Waals surface area contributed by atoms with Crippen molar-refractivity contribution in [1.29, 1.82) is 0 Å². The van der Waals surface area contributed by atoms with E-state index in [9.17, 15) is 0 Å². The topological polar surface area (TPSA) is 0 Å². The maximum Gasteiger partial charge on any atom is -0.00266 e. The van der Waals surface area contributed by atoms with E-state index in [1.165, 1.54) is 87.6 Å². The van der Waals surface area contributed by atoms with E-state index in [1.807, 2.05) is 0 Å². The molecule has 44 heavy (non-hydrogen) atoms. The zero-order chi connectivity index (χ0) is 30.2. The van der Waals surface area contributed by atoms with Crippen LogP contribution < -0.4 is 0 Å².